The lowest BCUT2D eigenvalue weighted by Gasteiger charge is -2.22. The summed E-state index contributed by atoms with van der Waals surface area (Å²) in [7, 11) is -3.45. The lowest BCUT2D eigenvalue weighted by atomic mass is 9.99. The van der Waals surface area contributed by atoms with Gasteiger partial charge in [-0.25, -0.2) is 13.6 Å². The molecule has 0 amide bonds. The molecule has 2 N–H and O–H groups in total. The molecular weight excluding hydrogens is 254 g/mol. The van der Waals surface area contributed by atoms with Gasteiger partial charge in [0.15, 0.2) is 0 Å². The third-order valence-corrected chi connectivity index (χ3v) is 3.38. The van der Waals surface area contributed by atoms with Gasteiger partial charge < -0.3 is 9.47 Å². The first-order valence-corrected chi connectivity index (χ1v) is 7.95. The lowest BCUT2D eigenvalue weighted by molar-refractivity contribution is -0.0401. The summed E-state index contributed by atoms with van der Waals surface area (Å²) in [5.74, 6) is 0.103. The molecule has 0 aromatic rings. The number of hydrogen-bond acceptors (Lipinski definition) is 4. The van der Waals surface area contributed by atoms with Crippen molar-refractivity contribution in [3.63, 3.8) is 0 Å². The highest BCUT2D eigenvalue weighted by Gasteiger charge is 2.19. The molecule has 18 heavy (non-hydrogen) atoms. The van der Waals surface area contributed by atoms with Crippen LogP contribution in [0, 0.1) is 11.8 Å². The van der Waals surface area contributed by atoms with E-state index in [2.05, 4.69) is 0 Å². The maximum Gasteiger partial charge on any atom is 0.209 e. The topological polar surface area (TPSA) is 78.6 Å². The maximum atomic E-state index is 11.1. The van der Waals surface area contributed by atoms with Crippen LogP contribution in [-0.4, -0.2) is 39.6 Å². The summed E-state index contributed by atoms with van der Waals surface area (Å²) < 4.78 is 33.1. The molecule has 1 atom stereocenters. The Morgan fingerprint density at radius 1 is 1.17 bits per heavy atom. The van der Waals surface area contributed by atoms with Crippen LogP contribution in [0.4, 0.5) is 0 Å². The number of primary sulfonamides is 1. The van der Waals surface area contributed by atoms with Crippen LogP contribution >= 0.6 is 0 Å². The zero-order chi connectivity index (χ0) is 14.4. The predicted octanol–water partition coefficient (Wildman–Crippen LogP) is 1.38. The van der Waals surface area contributed by atoms with Crippen LogP contribution < -0.4 is 5.14 Å². The quantitative estimate of drug-likeness (QED) is 0.682. The second-order valence-corrected chi connectivity index (χ2v) is 7.53. The third-order valence-electron chi connectivity index (χ3n) is 2.48. The Balaban J connectivity index is 3.93. The van der Waals surface area contributed by atoms with E-state index in [1.54, 1.807) is 0 Å². The number of nitrogens with two attached hydrogens (primary N) is 1. The fourth-order valence-electron chi connectivity index (χ4n) is 1.37. The van der Waals surface area contributed by atoms with Gasteiger partial charge in [0.1, 0.15) is 0 Å². The smallest absolute Gasteiger partial charge is 0.209 e. The first-order valence-electron chi connectivity index (χ1n) is 6.23. The maximum absolute atomic E-state index is 11.1. The van der Waals surface area contributed by atoms with Crippen molar-refractivity contribution in [3.8, 4) is 0 Å². The predicted molar refractivity (Wildman–Crippen MR) is 72.8 cm³/mol. The van der Waals surface area contributed by atoms with E-state index in [4.69, 9.17) is 14.6 Å². The van der Waals surface area contributed by atoms with E-state index in [-0.39, 0.29) is 23.2 Å². The van der Waals surface area contributed by atoms with E-state index in [0.717, 1.165) is 0 Å². The molecule has 0 aromatic carbocycles. The van der Waals surface area contributed by atoms with Gasteiger partial charge in [0, 0.05) is 0 Å². The van der Waals surface area contributed by atoms with Crippen molar-refractivity contribution >= 4 is 10.0 Å². The molecule has 5 nitrogen and oxygen atoms in total. The normalized spacial score (nSPS) is 15.1. The summed E-state index contributed by atoms with van der Waals surface area (Å²) in [6.07, 6.45) is 0. The minimum atomic E-state index is -3.45. The molecule has 0 rings (SSSR count). The summed E-state index contributed by atoms with van der Waals surface area (Å²) >= 11 is 0. The lowest BCUT2D eigenvalue weighted by Crippen LogP contribution is -2.30. The van der Waals surface area contributed by atoms with E-state index in [9.17, 15) is 8.42 Å². The van der Waals surface area contributed by atoms with Gasteiger partial charge in [0.25, 0.3) is 0 Å². The Morgan fingerprint density at radius 2 is 1.72 bits per heavy atom. The molecule has 0 aliphatic carbocycles. The molecule has 0 radical (unpaired) electrons. The van der Waals surface area contributed by atoms with Crippen molar-refractivity contribution in [2.45, 2.75) is 40.2 Å². The van der Waals surface area contributed by atoms with Gasteiger partial charge >= 0.3 is 0 Å². The molecule has 0 saturated carbocycles. The van der Waals surface area contributed by atoms with Crippen molar-refractivity contribution < 1.29 is 17.9 Å². The van der Waals surface area contributed by atoms with Gasteiger partial charge in [0.05, 0.1) is 31.2 Å². The molecule has 0 aromatic heterocycles. The fraction of sp³-hybridized carbons (Fsp3) is 1.00. The minimum Gasteiger partial charge on any atom is -0.379 e. The summed E-state index contributed by atoms with van der Waals surface area (Å²) in [6.45, 7) is 11.2. The number of sulfonamides is 1. The van der Waals surface area contributed by atoms with Crippen LogP contribution in [0.25, 0.3) is 0 Å². The van der Waals surface area contributed by atoms with Gasteiger partial charge in [-0.1, -0.05) is 13.8 Å². The minimum absolute atomic E-state index is 0.0369. The monoisotopic (exact) mass is 281 g/mol. The first-order chi connectivity index (χ1) is 8.01. The molecule has 0 heterocycles. The van der Waals surface area contributed by atoms with Gasteiger partial charge in [-0.3, -0.25) is 0 Å². The van der Waals surface area contributed by atoms with Crippen molar-refractivity contribution in [3.05, 3.63) is 0 Å². The molecule has 0 saturated heterocycles. The Morgan fingerprint density at radius 3 is 2.11 bits per heavy atom. The second kappa shape index (κ2) is 7.43. The van der Waals surface area contributed by atoms with Crippen LogP contribution in [0.15, 0.2) is 0 Å². The average molecular weight is 281 g/mol. The highest BCUT2D eigenvalue weighted by Crippen LogP contribution is 2.13. The molecule has 0 spiro atoms. The third kappa shape index (κ3) is 11.0. The van der Waals surface area contributed by atoms with Crippen molar-refractivity contribution in [2.24, 2.45) is 17.0 Å². The zero-order valence-corrected chi connectivity index (χ0v) is 12.9. The Kier molecular flexibility index (Phi) is 7.36. The standard InChI is InChI=1S/C12H27NO4S/c1-10(2)11(9-18(13,14)15)8-16-6-7-17-12(3,4)5/h10-11H,6-9H2,1-5H3,(H2,13,14,15). The Bertz CT molecular complexity index is 319. The number of hydrogen-bond donors (Lipinski definition) is 1. The fourth-order valence-corrected chi connectivity index (χ4v) is 2.45. The molecule has 0 bridgehead atoms. The van der Waals surface area contributed by atoms with Crippen LogP contribution in [0.5, 0.6) is 0 Å². The molecule has 6 heteroatoms. The SMILES string of the molecule is CC(C)C(COCCOC(C)(C)C)CS(N)(=O)=O. The first kappa shape index (κ1) is 17.8. The van der Waals surface area contributed by atoms with Crippen molar-refractivity contribution in [2.75, 3.05) is 25.6 Å². The second-order valence-electron chi connectivity index (χ2n) is 5.87. The summed E-state index contributed by atoms with van der Waals surface area (Å²) in [4.78, 5) is 0. The molecule has 110 valence electrons. The van der Waals surface area contributed by atoms with Crippen LogP contribution in [0.3, 0.4) is 0 Å². The molecular formula is C12H27NO4S. The highest BCUT2D eigenvalue weighted by atomic mass is 32.2. The van der Waals surface area contributed by atoms with Crippen LogP contribution in [0.2, 0.25) is 0 Å². The highest BCUT2D eigenvalue weighted by molar-refractivity contribution is 7.89. The summed E-state index contributed by atoms with van der Waals surface area (Å²) in [6, 6.07) is 0. The Hall–Kier alpha value is -0.170. The molecule has 0 aliphatic rings. The largest absolute Gasteiger partial charge is 0.379 e. The molecule has 1 unspecified atom stereocenters. The van der Waals surface area contributed by atoms with Crippen LogP contribution in [0.1, 0.15) is 34.6 Å². The number of rotatable bonds is 8. The summed E-state index contributed by atoms with van der Waals surface area (Å²) in [5, 5.41) is 5.05. The van der Waals surface area contributed by atoms with E-state index < -0.39 is 10.0 Å². The van der Waals surface area contributed by atoms with Gasteiger partial charge in [-0.05, 0) is 32.6 Å². The van der Waals surface area contributed by atoms with E-state index in [0.29, 0.717) is 19.8 Å². The van der Waals surface area contributed by atoms with Gasteiger partial charge in [-0.15, -0.1) is 0 Å². The van der Waals surface area contributed by atoms with Crippen molar-refractivity contribution in [1.82, 2.24) is 0 Å². The summed E-state index contributed by atoms with van der Waals surface area (Å²) in [5.41, 5.74) is -0.179. The number of ether oxygens (including phenoxy) is 2. The van der Waals surface area contributed by atoms with Crippen LogP contribution in [-0.2, 0) is 19.5 Å². The van der Waals surface area contributed by atoms with E-state index in [1.807, 2.05) is 34.6 Å². The van der Waals surface area contributed by atoms with Crippen molar-refractivity contribution in [1.29, 1.82) is 0 Å². The van der Waals surface area contributed by atoms with Gasteiger partial charge in [-0.2, -0.15) is 0 Å². The molecule has 0 fully saturated rings. The zero-order valence-electron chi connectivity index (χ0n) is 12.1. The van der Waals surface area contributed by atoms with Gasteiger partial charge in [0.2, 0.25) is 10.0 Å². The Labute approximate surface area is 111 Å². The average Bonchev–Trinajstić information content (AvgIpc) is 2.11. The molecule has 0 aliphatic heterocycles. The van der Waals surface area contributed by atoms with E-state index in [1.165, 1.54) is 0 Å². The van der Waals surface area contributed by atoms with E-state index >= 15 is 0 Å².